The average molecular weight is 300 g/mol. The molecule has 0 saturated carbocycles. The average Bonchev–Trinajstić information content (AvgIpc) is 2.68. The fraction of sp³-hybridized carbons (Fsp3) is 0.750. The smallest absolute Gasteiger partial charge is 0.127 e. The first-order valence-corrected chi connectivity index (χ1v) is 7.13. The number of nitrogens with two attached hydrogens (primary N) is 1. The maximum atomic E-state index is 6.02. The number of rotatable bonds is 1. The van der Waals surface area contributed by atoms with Gasteiger partial charge in [0.25, 0.3) is 0 Å². The molecule has 1 unspecified atom stereocenters. The number of nitrogens with zero attached hydrogens (tertiary/aromatic N) is 2. The van der Waals surface area contributed by atoms with E-state index in [1.54, 1.807) is 0 Å². The molecule has 0 aliphatic carbocycles. The highest BCUT2D eigenvalue weighted by Crippen LogP contribution is 2.32. The van der Waals surface area contributed by atoms with Crippen LogP contribution in [0.3, 0.4) is 0 Å². The number of hydrogen-bond donors (Lipinski definition) is 1. The fourth-order valence-corrected chi connectivity index (χ4v) is 3.39. The Morgan fingerprint density at radius 3 is 2.82 bits per heavy atom. The summed E-state index contributed by atoms with van der Waals surface area (Å²) in [6.45, 7) is 2.75. The van der Waals surface area contributed by atoms with Crippen molar-refractivity contribution in [2.75, 3.05) is 13.2 Å². The van der Waals surface area contributed by atoms with Gasteiger partial charge in [0.15, 0.2) is 0 Å². The molecule has 2 aliphatic rings. The lowest BCUT2D eigenvalue weighted by molar-refractivity contribution is 0.0826. The molecule has 2 aliphatic heterocycles. The number of imidazole rings is 1. The summed E-state index contributed by atoms with van der Waals surface area (Å²) in [6, 6.07) is 0.290. The van der Waals surface area contributed by atoms with Crippen LogP contribution in [0.1, 0.15) is 36.7 Å². The molecule has 1 saturated heterocycles. The van der Waals surface area contributed by atoms with Gasteiger partial charge in [-0.05, 0) is 35.2 Å². The third-order valence-corrected chi connectivity index (χ3v) is 4.45. The van der Waals surface area contributed by atoms with E-state index in [-0.39, 0.29) is 6.04 Å². The molecule has 0 radical (unpaired) electrons. The Hall–Kier alpha value is -0.390. The van der Waals surface area contributed by atoms with Gasteiger partial charge < -0.3 is 15.0 Å². The van der Waals surface area contributed by atoms with Gasteiger partial charge >= 0.3 is 0 Å². The number of halogens is 1. The second-order valence-corrected chi connectivity index (χ2v) is 5.75. The Kier molecular flexibility index (Phi) is 3.23. The molecule has 94 valence electrons. The van der Waals surface area contributed by atoms with Gasteiger partial charge in [0, 0.05) is 38.1 Å². The number of ether oxygens (including phenoxy) is 1. The Labute approximate surface area is 110 Å². The molecule has 3 heterocycles. The molecule has 4 nitrogen and oxygen atoms in total. The van der Waals surface area contributed by atoms with Crippen LogP contribution in [0.15, 0.2) is 4.60 Å². The zero-order valence-electron chi connectivity index (χ0n) is 9.86. The molecule has 3 rings (SSSR count). The van der Waals surface area contributed by atoms with Crippen LogP contribution in [0.4, 0.5) is 0 Å². The molecule has 17 heavy (non-hydrogen) atoms. The summed E-state index contributed by atoms with van der Waals surface area (Å²) < 4.78 is 8.79. The molecule has 2 N–H and O–H groups in total. The molecule has 1 aromatic heterocycles. The maximum absolute atomic E-state index is 6.02. The predicted octanol–water partition coefficient (Wildman–Crippen LogP) is 1.81. The van der Waals surface area contributed by atoms with Crippen LogP contribution in [0.25, 0.3) is 0 Å². The van der Waals surface area contributed by atoms with Crippen molar-refractivity contribution in [1.82, 2.24) is 9.55 Å². The van der Waals surface area contributed by atoms with E-state index in [9.17, 15) is 0 Å². The summed E-state index contributed by atoms with van der Waals surface area (Å²) in [5.74, 6) is 1.80. The zero-order chi connectivity index (χ0) is 11.8. The summed E-state index contributed by atoms with van der Waals surface area (Å²) in [5.41, 5.74) is 7.31. The minimum atomic E-state index is 0.290. The van der Waals surface area contributed by atoms with Gasteiger partial charge in [-0.25, -0.2) is 4.98 Å². The van der Waals surface area contributed by atoms with Crippen LogP contribution >= 0.6 is 15.9 Å². The number of aromatic nitrogens is 2. The first-order chi connectivity index (χ1) is 8.25. The summed E-state index contributed by atoms with van der Waals surface area (Å²) >= 11 is 3.58. The van der Waals surface area contributed by atoms with E-state index in [4.69, 9.17) is 15.5 Å². The van der Waals surface area contributed by atoms with Crippen LogP contribution in [0.2, 0.25) is 0 Å². The van der Waals surface area contributed by atoms with Crippen molar-refractivity contribution in [3.05, 3.63) is 16.1 Å². The van der Waals surface area contributed by atoms with Crippen LogP contribution in [0, 0.1) is 0 Å². The van der Waals surface area contributed by atoms with Gasteiger partial charge in [0.05, 0.1) is 5.69 Å². The van der Waals surface area contributed by atoms with Crippen molar-refractivity contribution < 1.29 is 4.74 Å². The molecule has 1 fully saturated rings. The third-order valence-electron chi connectivity index (χ3n) is 3.82. The Morgan fingerprint density at radius 2 is 2.06 bits per heavy atom. The summed E-state index contributed by atoms with van der Waals surface area (Å²) in [7, 11) is 0. The van der Waals surface area contributed by atoms with Gasteiger partial charge in [-0.3, -0.25) is 0 Å². The Bertz CT molecular complexity index is 412. The van der Waals surface area contributed by atoms with Gasteiger partial charge in [0.1, 0.15) is 10.4 Å². The van der Waals surface area contributed by atoms with Gasteiger partial charge in [-0.2, -0.15) is 0 Å². The summed E-state index contributed by atoms with van der Waals surface area (Å²) in [4.78, 5) is 4.72. The van der Waals surface area contributed by atoms with Gasteiger partial charge in [0.2, 0.25) is 0 Å². The van der Waals surface area contributed by atoms with E-state index in [0.29, 0.717) is 5.92 Å². The Morgan fingerprint density at radius 1 is 1.29 bits per heavy atom. The number of hydrogen-bond acceptors (Lipinski definition) is 3. The molecular weight excluding hydrogens is 282 g/mol. The highest BCUT2D eigenvalue weighted by molar-refractivity contribution is 9.10. The lowest BCUT2D eigenvalue weighted by atomic mass is 9.98. The van der Waals surface area contributed by atoms with E-state index in [0.717, 1.165) is 50.0 Å². The van der Waals surface area contributed by atoms with Crippen LogP contribution in [-0.2, 0) is 17.7 Å². The number of fused-ring (bicyclic) bond motifs is 1. The monoisotopic (exact) mass is 299 g/mol. The van der Waals surface area contributed by atoms with Gasteiger partial charge in [-0.15, -0.1) is 0 Å². The second-order valence-electron chi connectivity index (χ2n) is 5.00. The largest absolute Gasteiger partial charge is 0.381 e. The van der Waals surface area contributed by atoms with E-state index < -0.39 is 0 Å². The van der Waals surface area contributed by atoms with Crippen LogP contribution < -0.4 is 5.73 Å². The SMILES string of the molecule is NC1CCn2c(C3CCOCC3)nc(Br)c2C1. The normalized spacial score (nSPS) is 25.9. The third kappa shape index (κ3) is 2.16. The molecule has 5 heteroatoms. The zero-order valence-corrected chi connectivity index (χ0v) is 11.4. The van der Waals surface area contributed by atoms with Crippen LogP contribution in [-0.4, -0.2) is 28.8 Å². The molecule has 0 aromatic carbocycles. The van der Waals surface area contributed by atoms with Crippen molar-refractivity contribution in [2.24, 2.45) is 5.73 Å². The van der Waals surface area contributed by atoms with Crippen molar-refractivity contribution in [1.29, 1.82) is 0 Å². The maximum Gasteiger partial charge on any atom is 0.127 e. The molecule has 1 aromatic rings. The molecule has 0 amide bonds. The fourth-order valence-electron chi connectivity index (χ4n) is 2.83. The highest BCUT2D eigenvalue weighted by Gasteiger charge is 2.27. The van der Waals surface area contributed by atoms with Crippen molar-refractivity contribution >= 4 is 15.9 Å². The van der Waals surface area contributed by atoms with Crippen LogP contribution in [0.5, 0.6) is 0 Å². The first-order valence-electron chi connectivity index (χ1n) is 6.34. The standard InChI is InChI=1S/C12H18BrN3O/c13-11-10-7-9(14)1-4-16(10)12(15-11)8-2-5-17-6-3-8/h8-9H,1-7,14H2. The van der Waals surface area contributed by atoms with E-state index in [1.165, 1.54) is 11.5 Å². The first kappa shape index (κ1) is 11.7. The second kappa shape index (κ2) is 4.71. The minimum Gasteiger partial charge on any atom is -0.381 e. The lowest BCUT2D eigenvalue weighted by Crippen LogP contribution is -2.32. The topological polar surface area (TPSA) is 53.1 Å². The molecule has 1 atom stereocenters. The highest BCUT2D eigenvalue weighted by atomic mass is 79.9. The quantitative estimate of drug-likeness (QED) is 0.860. The minimum absolute atomic E-state index is 0.290. The molecule has 0 spiro atoms. The predicted molar refractivity (Wildman–Crippen MR) is 69.0 cm³/mol. The van der Waals surface area contributed by atoms with Gasteiger partial charge in [-0.1, -0.05) is 0 Å². The van der Waals surface area contributed by atoms with Crippen molar-refractivity contribution in [2.45, 2.75) is 44.2 Å². The lowest BCUT2D eigenvalue weighted by Gasteiger charge is -2.26. The van der Waals surface area contributed by atoms with E-state index >= 15 is 0 Å². The molecular formula is C12H18BrN3O. The summed E-state index contributed by atoms with van der Waals surface area (Å²) in [6.07, 6.45) is 4.19. The van der Waals surface area contributed by atoms with E-state index in [1.807, 2.05) is 0 Å². The Balaban J connectivity index is 1.92. The molecule has 0 bridgehead atoms. The van der Waals surface area contributed by atoms with E-state index in [2.05, 4.69) is 20.5 Å². The summed E-state index contributed by atoms with van der Waals surface area (Å²) in [5, 5.41) is 0. The van der Waals surface area contributed by atoms with Crippen molar-refractivity contribution in [3.8, 4) is 0 Å². The van der Waals surface area contributed by atoms with Crippen molar-refractivity contribution in [3.63, 3.8) is 0 Å².